The van der Waals surface area contributed by atoms with E-state index in [4.69, 9.17) is 11.5 Å². The molecule has 0 radical (unpaired) electrons. The van der Waals surface area contributed by atoms with Gasteiger partial charge in [-0.2, -0.15) is 0 Å². The molecular formula is C15H16N6O2S. The monoisotopic (exact) mass is 344 g/mol. The SMILES string of the molecule is Nc1ccc(S(=O)(=O)[N-]c2ncccn2)cc1.Nc1cccc[nH+]1. The second-order valence-electron chi connectivity index (χ2n) is 4.50. The third-order valence-electron chi connectivity index (χ3n) is 2.67. The highest BCUT2D eigenvalue weighted by Gasteiger charge is 2.10. The van der Waals surface area contributed by atoms with Gasteiger partial charge in [-0.3, -0.25) is 10.5 Å². The van der Waals surface area contributed by atoms with Gasteiger partial charge < -0.3 is 15.7 Å². The van der Waals surface area contributed by atoms with Gasteiger partial charge in [0.15, 0.2) is 0 Å². The molecule has 0 fully saturated rings. The van der Waals surface area contributed by atoms with E-state index in [0.29, 0.717) is 11.5 Å². The molecule has 0 aliphatic carbocycles. The summed E-state index contributed by atoms with van der Waals surface area (Å²) in [6.07, 6.45) is 4.63. The molecule has 124 valence electrons. The number of benzene rings is 1. The fourth-order valence-electron chi connectivity index (χ4n) is 1.55. The molecule has 0 saturated carbocycles. The Labute approximate surface area is 139 Å². The summed E-state index contributed by atoms with van der Waals surface area (Å²) in [5, 5.41) is 0. The quantitative estimate of drug-likeness (QED) is 0.690. The van der Waals surface area contributed by atoms with Gasteiger partial charge >= 0.3 is 0 Å². The van der Waals surface area contributed by atoms with E-state index in [1.807, 2.05) is 12.1 Å². The number of pyridine rings is 1. The molecule has 0 bridgehead atoms. The maximum Gasteiger partial charge on any atom is 0.269 e. The van der Waals surface area contributed by atoms with Crippen LogP contribution in [0, 0.1) is 0 Å². The number of nitrogens with one attached hydrogen (secondary N) is 1. The van der Waals surface area contributed by atoms with Crippen molar-refractivity contribution in [3.05, 3.63) is 71.8 Å². The van der Waals surface area contributed by atoms with E-state index < -0.39 is 10.0 Å². The molecule has 2 heterocycles. The molecule has 5 N–H and O–H groups in total. The lowest BCUT2D eigenvalue weighted by molar-refractivity contribution is -0.360. The standard InChI is InChI=1S/C10H9N4O2S.C5H6N2/c11-8-2-4-9(5-3-8)17(15,16)14-10-12-6-1-7-13-10;6-5-3-1-2-4-7-5/h1-7H,11H2;1-4H,(H2,6,7)/q-1;/p+1. The van der Waals surface area contributed by atoms with Crippen LogP contribution in [0.5, 0.6) is 0 Å². The molecule has 0 aliphatic rings. The Bertz CT molecular complexity index is 855. The Morgan fingerprint density at radius 2 is 1.58 bits per heavy atom. The molecule has 9 heteroatoms. The van der Waals surface area contributed by atoms with E-state index in [1.165, 1.54) is 36.7 Å². The van der Waals surface area contributed by atoms with Gasteiger partial charge in [0.25, 0.3) is 5.82 Å². The van der Waals surface area contributed by atoms with Crippen molar-refractivity contribution in [3.8, 4) is 0 Å². The first-order chi connectivity index (χ1) is 11.5. The van der Waals surface area contributed by atoms with Gasteiger partial charge in [0.1, 0.15) is 0 Å². The van der Waals surface area contributed by atoms with Crippen LogP contribution in [0.3, 0.4) is 0 Å². The number of nitrogens with zero attached hydrogens (tertiary/aromatic N) is 3. The van der Waals surface area contributed by atoms with Crippen LogP contribution in [0.15, 0.2) is 72.0 Å². The van der Waals surface area contributed by atoms with Gasteiger partial charge in [0.05, 0.1) is 11.1 Å². The third-order valence-corrected chi connectivity index (χ3v) is 3.94. The minimum absolute atomic E-state index is 0.0548. The van der Waals surface area contributed by atoms with E-state index in [9.17, 15) is 8.42 Å². The smallest absolute Gasteiger partial charge is 0.269 e. The minimum Gasteiger partial charge on any atom is -0.399 e. The number of hydrogen-bond acceptors (Lipinski definition) is 6. The van der Waals surface area contributed by atoms with Gasteiger partial charge in [-0.25, -0.2) is 13.4 Å². The fourth-order valence-corrected chi connectivity index (χ4v) is 2.44. The predicted octanol–water partition coefficient (Wildman–Crippen LogP) is 1.54. The molecule has 0 amide bonds. The zero-order valence-electron chi connectivity index (χ0n) is 12.6. The molecule has 0 atom stereocenters. The summed E-state index contributed by atoms with van der Waals surface area (Å²) in [5.41, 5.74) is 11.3. The van der Waals surface area contributed by atoms with Crippen LogP contribution in [0.1, 0.15) is 0 Å². The van der Waals surface area contributed by atoms with Crippen molar-refractivity contribution in [2.45, 2.75) is 4.90 Å². The summed E-state index contributed by atoms with van der Waals surface area (Å²) in [5.74, 6) is 0.604. The van der Waals surface area contributed by atoms with Crippen LogP contribution in [0.4, 0.5) is 17.5 Å². The highest BCUT2D eigenvalue weighted by molar-refractivity contribution is 7.94. The molecule has 2 aromatic heterocycles. The molecule has 1 aromatic carbocycles. The summed E-state index contributed by atoms with van der Waals surface area (Å²) in [6.45, 7) is 0. The molecule has 0 unspecified atom stereocenters. The first-order valence-corrected chi connectivity index (χ1v) is 8.24. The van der Waals surface area contributed by atoms with E-state index in [1.54, 1.807) is 18.3 Å². The molecule has 3 rings (SSSR count). The Balaban J connectivity index is 0.000000249. The molecule has 3 aromatic rings. The molecule has 8 nitrogen and oxygen atoms in total. The topological polar surface area (TPSA) is 140 Å². The van der Waals surface area contributed by atoms with Crippen LogP contribution in [0.2, 0.25) is 0 Å². The normalized spacial score (nSPS) is 10.3. The van der Waals surface area contributed by atoms with Crippen molar-refractivity contribution in [1.29, 1.82) is 0 Å². The molecule has 0 saturated heterocycles. The number of anilines is 2. The molecular weight excluding hydrogens is 328 g/mol. The van der Waals surface area contributed by atoms with E-state index in [2.05, 4.69) is 19.7 Å². The summed E-state index contributed by atoms with van der Waals surface area (Å²) in [6, 6.07) is 12.9. The summed E-state index contributed by atoms with van der Waals surface area (Å²) < 4.78 is 27.2. The maximum atomic E-state index is 11.8. The second kappa shape index (κ2) is 7.88. The predicted molar refractivity (Wildman–Crippen MR) is 90.5 cm³/mol. The van der Waals surface area contributed by atoms with Gasteiger partial charge in [-0.05, 0) is 42.7 Å². The Morgan fingerprint density at radius 1 is 0.917 bits per heavy atom. The molecule has 24 heavy (non-hydrogen) atoms. The molecule has 0 aliphatic heterocycles. The number of aromatic amines is 1. The van der Waals surface area contributed by atoms with Gasteiger partial charge in [0, 0.05) is 17.7 Å². The lowest BCUT2D eigenvalue weighted by atomic mass is 10.3. The Hall–Kier alpha value is -3.20. The number of H-pyrrole nitrogens is 1. The van der Waals surface area contributed by atoms with Crippen LogP contribution in [0.25, 0.3) is 4.72 Å². The summed E-state index contributed by atoms with van der Waals surface area (Å²) in [4.78, 5) is 10.3. The van der Waals surface area contributed by atoms with Crippen LogP contribution in [-0.4, -0.2) is 18.4 Å². The number of sulfonamides is 1. The number of hydrogen-bond donors (Lipinski definition) is 2. The second-order valence-corrected chi connectivity index (χ2v) is 6.11. The highest BCUT2D eigenvalue weighted by atomic mass is 32.2. The van der Waals surface area contributed by atoms with E-state index in [-0.39, 0.29) is 10.8 Å². The average Bonchev–Trinajstić information content (AvgIpc) is 2.57. The van der Waals surface area contributed by atoms with Crippen molar-refractivity contribution in [1.82, 2.24) is 9.97 Å². The van der Waals surface area contributed by atoms with Crippen LogP contribution >= 0.6 is 0 Å². The van der Waals surface area contributed by atoms with E-state index in [0.717, 1.165) is 0 Å². The zero-order chi connectivity index (χ0) is 17.4. The lowest BCUT2D eigenvalue weighted by Crippen LogP contribution is -2.06. The maximum absolute atomic E-state index is 11.8. The number of nitrogen functional groups attached to an aromatic ring is 2. The average molecular weight is 344 g/mol. The van der Waals surface area contributed by atoms with Crippen molar-refractivity contribution in [2.75, 3.05) is 11.5 Å². The van der Waals surface area contributed by atoms with Gasteiger partial charge in [-0.15, -0.1) is 0 Å². The molecule has 0 spiro atoms. The largest absolute Gasteiger partial charge is 0.399 e. The van der Waals surface area contributed by atoms with Gasteiger partial charge in [0.2, 0.25) is 10.0 Å². The fraction of sp³-hybridized carbons (Fsp3) is 0. The minimum atomic E-state index is -3.79. The lowest BCUT2D eigenvalue weighted by Gasteiger charge is -2.11. The highest BCUT2D eigenvalue weighted by Crippen LogP contribution is 2.23. The van der Waals surface area contributed by atoms with Crippen molar-refractivity contribution in [2.24, 2.45) is 0 Å². The summed E-state index contributed by atoms with van der Waals surface area (Å²) in [7, 11) is -3.79. The van der Waals surface area contributed by atoms with Gasteiger partial charge in [-0.1, -0.05) is 12.1 Å². The van der Waals surface area contributed by atoms with Crippen LogP contribution in [-0.2, 0) is 10.0 Å². The zero-order valence-corrected chi connectivity index (χ0v) is 13.4. The number of aromatic nitrogens is 3. The number of rotatable bonds is 3. The van der Waals surface area contributed by atoms with Crippen molar-refractivity contribution in [3.63, 3.8) is 0 Å². The Kier molecular flexibility index (Phi) is 5.63. The summed E-state index contributed by atoms with van der Waals surface area (Å²) >= 11 is 0. The first kappa shape index (κ1) is 17.2. The van der Waals surface area contributed by atoms with Crippen LogP contribution < -0.4 is 16.5 Å². The first-order valence-electron chi connectivity index (χ1n) is 6.80. The number of nitrogens with two attached hydrogens (primary N) is 2. The van der Waals surface area contributed by atoms with Crippen molar-refractivity contribution >= 4 is 27.5 Å². The van der Waals surface area contributed by atoms with E-state index >= 15 is 0 Å². The Morgan fingerprint density at radius 3 is 2.08 bits per heavy atom. The third kappa shape index (κ3) is 5.21. The van der Waals surface area contributed by atoms with Crippen molar-refractivity contribution < 1.29 is 13.4 Å².